The summed E-state index contributed by atoms with van der Waals surface area (Å²) in [5.41, 5.74) is 5.15. The first kappa shape index (κ1) is 7.67. The van der Waals surface area contributed by atoms with Gasteiger partial charge in [0.1, 0.15) is 10.2 Å². The summed E-state index contributed by atoms with van der Waals surface area (Å²) in [5.74, 6) is -1.19. The summed E-state index contributed by atoms with van der Waals surface area (Å²) in [6.07, 6.45) is 0. The van der Waals surface area contributed by atoms with Gasteiger partial charge in [0.25, 0.3) is 0 Å². The van der Waals surface area contributed by atoms with E-state index >= 15 is 0 Å². The van der Waals surface area contributed by atoms with Gasteiger partial charge in [0, 0.05) is 0 Å². The number of carboxylic acids is 1. The number of hydrogen-bond donors (Lipinski definition) is 3. The average Bonchev–Trinajstić information content (AvgIpc) is 1.94. The molecule has 1 rings (SSSR count). The fourth-order valence-corrected chi connectivity index (χ4v) is 0.748. The summed E-state index contributed by atoms with van der Waals surface area (Å²) in [4.78, 5) is 10.4. The summed E-state index contributed by atoms with van der Waals surface area (Å²) in [6, 6.07) is 1.25. The Hall–Kier alpha value is -1.43. The zero-order valence-corrected chi connectivity index (χ0v) is 6.18. The standard InChI is InChI=1S/C5H5N3O2S/c6-4-2(5(9)10)1-3(11)7-8-4/h1H,(H2,6,8)(H,7,11)(H,9,10). The molecule has 1 heterocycles. The molecule has 0 aromatic carbocycles. The van der Waals surface area contributed by atoms with Crippen LogP contribution < -0.4 is 5.73 Å². The first-order chi connectivity index (χ1) is 5.11. The predicted molar refractivity (Wildman–Crippen MR) is 40.8 cm³/mol. The minimum absolute atomic E-state index is 0.0638. The van der Waals surface area contributed by atoms with Crippen molar-refractivity contribution in [2.45, 2.75) is 0 Å². The number of hydrogen-bond acceptors (Lipinski definition) is 4. The Bertz CT molecular complexity index is 346. The van der Waals surface area contributed by atoms with E-state index in [2.05, 4.69) is 22.4 Å². The van der Waals surface area contributed by atoms with Gasteiger partial charge in [0.2, 0.25) is 0 Å². The lowest BCUT2D eigenvalue weighted by molar-refractivity contribution is 0.0697. The van der Waals surface area contributed by atoms with Gasteiger partial charge in [-0.15, -0.1) is 0 Å². The third-order valence-corrected chi connectivity index (χ3v) is 1.28. The van der Waals surface area contributed by atoms with E-state index in [0.717, 1.165) is 0 Å². The van der Waals surface area contributed by atoms with Crippen LogP contribution in [0, 0.1) is 4.64 Å². The minimum atomic E-state index is -1.13. The molecule has 0 saturated carbocycles. The van der Waals surface area contributed by atoms with E-state index < -0.39 is 5.97 Å². The number of carboxylic acid groups (broad SMARTS) is 1. The normalized spacial score (nSPS) is 9.45. The molecule has 0 unspecified atom stereocenters. The number of aromatic carboxylic acids is 1. The van der Waals surface area contributed by atoms with Gasteiger partial charge < -0.3 is 10.8 Å². The van der Waals surface area contributed by atoms with Crippen molar-refractivity contribution in [1.82, 2.24) is 10.2 Å². The molecule has 4 N–H and O–H groups in total. The van der Waals surface area contributed by atoms with Crippen molar-refractivity contribution in [3.05, 3.63) is 16.3 Å². The molecule has 0 amide bonds. The first-order valence-corrected chi connectivity index (χ1v) is 3.10. The number of carbonyl (C=O) groups is 1. The number of nitrogens with two attached hydrogens (primary N) is 1. The molecule has 0 aliphatic carbocycles. The second kappa shape index (κ2) is 2.67. The van der Waals surface area contributed by atoms with Crippen LogP contribution in [-0.2, 0) is 0 Å². The van der Waals surface area contributed by atoms with Gasteiger partial charge in [-0.3, -0.25) is 5.10 Å². The molecule has 0 saturated heterocycles. The molecule has 11 heavy (non-hydrogen) atoms. The van der Waals surface area contributed by atoms with E-state index in [9.17, 15) is 4.79 Å². The zero-order valence-electron chi connectivity index (χ0n) is 5.37. The zero-order chi connectivity index (χ0) is 8.43. The number of anilines is 1. The molecule has 0 aliphatic rings. The molecule has 0 atom stereocenters. The summed E-state index contributed by atoms with van der Waals surface area (Å²) in [6.45, 7) is 0. The van der Waals surface area contributed by atoms with E-state index in [4.69, 9.17) is 10.8 Å². The number of H-pyrrole nitrogens is 1. The van der Waals surface area contributed by atoms with Crippen molar-refractivity contribution in [3.8, 4) is 0 Å². The first-order valence-electron chi connectivity index (χ1n) is 2.70. The Labute approximate surface area is 66.9 Å². The summed E-state index contributed by atoms with van der Waals surface area (Å²) >= 11 is 4.64. The topological polar surface area (TPSA) is 92.0 Å². The van der Waals surface area contributed by atoms with E-state index in [-0.39, 0.29) is 16.0 Å². The second-order valence-electron chi connectivity index (χ2n) is 1.84. The fourth-order valence-electron chi connectivity index (χ4n) is 0.584. The molecule has 5 nitrogen and oxygen atoms in total. The van der Waals surface area contributed by atoms with Crippen molar-refractivity contribution in [2.75, 3.05) is 5.73 Å². The van der Waals surface area contributed by atoms with Crippen molar-refractivity contribution in [3.63, 3.8) is 0 Å². The largest absolute Gasteiger partial charge is 0.478 e. The predicted octanol–water partition coefficient (Wildman–Crippen LogP) is 0.420. The van der Waals surface area contributed by atoms with Crippen molar-refractivity contribution in [1.29, 1.82) is 0 Å². The van der Waals surface area contributed by atoms with Crippen LogP contribution in [0.15, 0.2) is 6.07 Å². The lowest BCUT2D eigenvalue weighted by Crippen LogP contribution is -2.05. The smallest absolute Gasteiger partial charge is 0.339 e. The van der Waals surface area contributed by atoms with E-state index in [0.29, 0.717) is 0 Å². The van der Waals surface area contributed by atoms with E-state index in [1.54, 1.807) is 0 Å². The Kier molecular flexibility index (Phi) is 1.86. The number of aromatic nitrogens is 2. The lowest BCUT2D eigenvalue weighted by Gasteiger charge is -1.96. The molecular formula is C5H5N3O2S. The maximum absolute atomic E-state index is 10.4. The number of nitrogens with zero attached hydrogens (tertiary/aromatic N) is 1. The van der Waals surface area contributed by atoms with Crippen molar-refractivity contribution in [2.24, 2.45) is 0 Å². The number of aromatic amines is 1. The third kappa shape index (κ3) is 1.53. The maximum atomic E-state index is 10.4. The van der Waals surface area contributed by atoms with Crippen molar-refractivity contribution >= 4 is 24.0 Å². The van der Waals surface area contributed by atoms with Crippen LogP contribution in [0.1, 0.15) is 10.4 Å². The van der Waals surface area contributed by atoms with Crippen LogP contribution in [0.2, 0.25) is 0 Å². The molecule has 0 aliphatic heterocycles. The molecule has 1 aromatic heterocycles. The van der Waals surface area contributed by atoms with Gasteiger partial charge in [-0.2, -0.15) is 5.10 Å². The molecule has 58 valence electrons. The Morgan fingerprint density at radius 2 is 2.45 bits per heavy atom. The highest BCUT2D eigenvalue weighted by Gasteiger charge is 2.07. The van der Waals surface area contributed by atoms with Gasteiger partial charge >= 0.3 is 5.97 Å². The molecule has 6 heteroatoms. The molecule has 0 bridgehead atoms. The third-order valence-electron chi connectivity index (χ3n) is 1.07. The average molecular weight is 171 g/mol. The fraction of sp³-hybridized carbons (Fsp3) is 0. The Morgan fingerprint density at radius 1 is 1.82 bits per heavy atom. The highest BCUT2D eigenvalue weighted by Crippen LogP contribution is 2.05. The van der Waals surface area contributed by atoms with Crippen LogP contribution in [0.5, 0.6) is 0 Å². The molecule has 0 radical (unpaired) electrons. The number of nitrogen functional groups attached to an aromatic ring is 1. The van der Waals surface area contributed by atoms with Crippen LogP contribution >= 0.6 is 12.2 Å². The highest BCUT2D eigenvalue weighted by molar-refractivity contribution is 7.71. The Morgan fingerprint density at radius 3 is 2.91 bits per heavy atom. The van der Waals surface area contributed by atoms with Gasteiger partial charge in [-0.05, 0) is 6.07 Å². The van der Waals surface area contributed by atoms with Gasteiger partial charge in [-0.25, -0.2) is 4.79 Å². The summed E-state index contributed by atoms with van der Waals surface area (Å²) in [5, 5.41) is 14.3. The molecule has 1 aromatic rings. The van der Waals surface area contributed by atoms with Gasteiger partial charge in [0.05, 0.1) is 0 Å². The van der Waals surface area contributed by atoms with E-state index in [1.807, 2.05) is 0 Å². The van der Waals surface area contributed by atoms with Crippen LogP contribution in [0.3, 0.4) is 0 Å². The van der Waals surface area contributed by atoms with Crippen LogP contribution in [0.4, 0.5) is 5.82 Å². The van der Waals surface area contributed by atoms with Crippen LogP contribution in [-0.4, -0.2) is 21.3 Å². The number of nitrogens with one attached hydrogen (secondary N) is 1. The summed E-state index contributed by atoms with van der Waals surface area (Å²) in [7, 11) is 0. The van der Waals surface area contributed by atoms with Crippen LogP contribution in [0.25, 0.3) is 0 Å². The SMILES string of the molecule is Nc1n[nH]c(=S)cc1C(=O)O. The summed E-state index contributed by atoms with van der Waals surface area (Å²) < 4.78 is 0.247. The monoisotopic (exact) mass is 171 g/mol. The Balaban J connectivity index is 3.35. The van der Waals surface area contributed by atoms with Gasteiger partial charge in [-0.1, -0.05) is 12.2 Å². The lowest BCUT2D eigenvalue weighted by atomic mass is 10.3. The number of rotatable bonds is 1. The van der Waals surface area contributed by atoms with E-state index in [1.165, 1.54) is 6.07 Å². The quantitative estimate of drug-likeness (QED) is 0.532. The molecular weight excluding hydrogens is 166 g/mol. The minimum Gasteiger partial charge on any atom is -0.478 e. The van der Waals surface area contributed by atoms with Gasteiger partial charge in [0.15, 0.2) is 5.82 Å². The highest BCUT2D eigenvalue weighted by atomic mass is 32.1. The van der Waals surface area contributed by atoms with Crippen molar-refractivity contribution < 1.29 is 9.90 Å². The molecule has 0 spiro atoms. The maximum Gasteiger partial charge on any atom is 0.339 e. The second-order valence-corrected chi connectivity index (χ2v) is 2.28. The molecule has 0 fully saturated rings.